The van der Waals surface area contributed by atoms with Crippen LogP contribution in [0.15, 0.2) is 4.99 Å². The standard InChI is InChI=1S/C13H24FN3O2/c1-3-19-12(18)11-6-4-9-17(10-11)13(15-2)16-8-5-7-14/h11H,3-10H2,1-2H3,(H,15,16)/t11-/m0/s1. The highest BCUT2D eigenvalue weighted by molar-refractivity contribution is 5.81. The molecule has 1 N–H and O–H groups in total. The molecule has 19 heavy (non-hydrogen) atoms. The minimum atomic E-state index is -0.338. The fourth-order valence-corrected chi connectivity index (χ4v) is 2.22. The van der Waals surface area contributed by atoms with Crippen LogP contribution in [0.5, 0.6) is 0 Å². The van der Waals surface area contributed by atoms with Gasteiger partial charge in [-0.3, -0.25) is 14.2 Å². The summed E-state index contributed by atoms with van der Waals surface area (Å²) >= 11 is 0. The number of esters is 1. The molecule has 0 unspecified atom stereocenters. The average molecular weight is 273 g/mol. The van der Waals surface area contributed by atoms with E-state index in [0.717, 1.165) is 25.3 Å². The normalized spacial score (nSPS) is 20.3. The summed E-state index contributed by atoms with van der Waals surface area (Å²) < 4.78 is 17.2. The summed E-state index contributed by atoms with van der Waals surface area (Å²) in [5.74, 6) is 0.516. The van der Waals surface area contributed by atoms with Crippen molar-refractivity contribution in [3.63, 3.8) is 0 Å². The number of nitrogens with zero attached hydrogens (tertiary/aromatic N) is 2. The second kappa shape index (κ2) is 8.72. The quantitative estimate of drug-likeness (QED) is 0.354. The van der Waals surface area contributed by atoms with Gasteiger partial charge >= 0.3 is 5.97 Å². The van der Waals surface area contributed by atoms with Crippen LogP contribution < -0.4 is 5.32 Å². The third-order valence-electron chi connectivity index (χ3n) is 3.15. The van der Waals surface area contributed by atoms with E-state index in [1.165, 1.54) is 0 Å². The molecular formula is C13H24FN3O2. The number of alkyl halides is 1. The second-order valence-corrected chi connectivity index (χ2v) is 4.55. The predicted molar refractivity (Wildman–Crippen MR) is 72.9 cm³/mol. The fraction of sp³-hybridized carbons (Fsp3) is 0.846. The SMILES string of the molecule is CCOC(=O)[C@H]1CCCN(C(=NC)NCCCF)C1. The molecule has 0 radical (unpaired) electrons. The smallest absolute Gasteiger partial charge is 0.310 e. The van der Waals surface area contributed by atoms with Crippen molar-refractivity contribution in [1.82, 2.24) is 10.2 Å². The van der Waals surface area contributed by atoms with Crippen molar-refractivity contribution in [2.24, 2.45) is 10.9 Å². The lowest BCUT2D eigenvalue weighted by Gasteiger charge is -2.33. The minimum Gasteiger partial charge on any atom is -0.466 e. The van der Waals surface area contributed by atoms with Gasteiger partial charge in [0, 0.05) is 26.7 Å². The second-order valence-electron chi connectivity index (χ2n) is 4.55. The fourth-order valence-electron chi connectivity index (χ4n) is 2.22. The molecule has 0 aromatic rings. The van der Waals surface area contributed by atoms with Crippen molar-refractivity contribution in [2.45, 2.75) is 26.2 Å². The zero-order valence-corrected chi connectivity index (χ0v) is 11.8. The Bertz CT molecular complexity index is 310. The Morgan fingerprint density at radius 1 is 1.58 bits per heavy atom. The molecule has 5 nitrogen and oxygen atoms in total. The largest absolute Gasteiger partial charge is 0.466 e. The van der Waals surface area contributed by atoms with Crippen LogP contribution in [0.25, 0.3) is 0 Å². The van der Waals surface area contributed by atoms with Crippen LogP contribution in [0.3, 0.4) is 0 Å². The highest BCUT2D eigenvalue weighted by Crippen LogP contribution is 2.17. The summed E-state index contributed by atoms with van der Waals surface area (Å²) in [4.78, 5) is 18.0. The number of hydrogen-bond acceptors (Lipinski definition) is 3. The van der Waals surface area contributed by atoms with E-state index in [9.17, 15) is 9.18 Å². The monoisotopic (exact) mass is 273 g/mol. The Balaban J connectivity index is 2.50. The predicted octanol–water partition coefficient (Wildman–Crippen LogP) is 1.20. The first-order valence-corrected chi connectivity index (χ1v) is 6.91. The van der Waals surface area contributed by atoms with Gasteiger partial charge in [0.15, 0.2) is 5.96 Å². The van der Waals surface area contributed by atoms with Crippen molar-refractivity contribution in [3.8, 4) is 0 Å². The van der Waals surface area contributed by atoms with Crippen molar-refractivity contribution in [3.05, 3.63) is 0 Å². The lowest BCUT2D eigenvalue weighted by Crippen LogP contribution is -2.48. The van der Waals surface area contributed by atoms with Crippen LogP contribution in [0, 0.1) is 5.92 Å². The summed E-state index contributed by atoms with van der Waals surface area (Å²) in [5, 5.41) is 3.12. The van der Waals surface area contributed by atoms with Crippen LogP contribution in [-0.4, -0.2) is 56.8 Å². The van der Waals surface area contributed by atoms with E-state index in [0.29, 0.717) is 26.1 Å². The van der Waals surface area contributed by atoms with Crippen molar-refractivity contribution in [1.29, 1.82) is 0 Å². The first kappa shape index (κ1) is 15.7. The van der Waals surface area contributed by atoms with E-state index in [2.05, 4.69) is 10.3 Å². The van der Waals surface area contributed by atoms with Gasteiger partial charge in [-0.25, -0.2) is 0 Å². The van der Waals surface area contributed by atoms with E-state index in [4.69, 9.17) is 4.74 Å². The summed E-state index contributed by atoms with van der Waals surface area (Å²) in [6, 6.07) is 0. The summed E-state index contributed by atoms with van der Waals surface area (Å²) in [5.41, 5.74) is 0. The van der Waals surface area contributed by atoms with E-state index < -0.39 is 0 Å². The van der Waals surface area contributed by atoms with Gasteiger partial charge in [0.2, 0.25) is 0 Å². The van der Waals surface area contributed by atoms with Gasteiger partial charge in [-0.15, -0.1) is 0 Å². The zero-order chi connectivity index (χ0) is 14.1. The molecule has 0 spiro atoms. The lowest BCUT2D eigenvalue weighted by atomic mass is 9.98. The molecule has 0 aliphatic carbocycles. The molecule has 0 bridgehead atoms. The first-order chi connectivity index (χ1) is 9.22. The third kappa shape index (κ3) is 5.04. The number of carbonyl (C=O) groups is 1. The van der Waals surface area contributed by atoms with E-state index in [1.807, 2.05) is 11.8 Å². The van der Waals surface area contributed by atoms with Crippen LogP contribution >= 0.6 is 0 Å². The Morgan fingerprint density at radius 2 is 2.37 bits per heavy atom. The average Bonchev–Trinajstić information content (AvgIpc) is 2.44. The molecule has 1 aliphatic heterocycles. The number of piperidine rings is 1. The topological polar surface area (TPSA) is 53.9 Å². The number of guanidine groups is 1. The van der Waals surface area contributed by atoms with E-state index in [1.54, 1.807) is 7.05 Å². The van der Waals surface area contributed by atoms with Gasteiger partial charge in [0.05, 0.1) is 19.2 Å². The number of carbonyl (C=O) groups excluding carboxylic acids is 1. The number of ether oxygens (including phenoxy) is 1. The van der Waals surface area contributed by atoms with Gasteiger partial charge in [-0.2, -0.15) is 0 Å². The highest BCUT2D eigenvalue weighted by Gasteiger charge is 2.28. The first-order valence-electron chi connectivity index (χ1n) is 6.91. The zero-order valence-electron chi connectivity index (χ0n) is 11.8. The Kier molecular flexibility index (Phi) is 7.22. The van der Waals surface area contributed by atoms with Gasteiger partial charge in [-0.1, -0.05) is 0 Å². The van der Waals surface area contributed by atoms with Gasteiger partial charge in [0.1, 0.15) is 0 Å². The van der Waals surface area contributed by atoms with Crippen LogP contribution in [0.4, 0.5) is 4.39 Å². The molecule has 1 fully saturated rings. The maximum atomic E-state index is 12.1. The van der Waals surface area contributed by atoms with E-state index in [-0.39, 0.29) is 18.6 Å². The van der Waals surface area contributed by atoms with Crippen LogP contribution in [-0.2, 0) is 9.53 Å². The molecule has 1 saturated heterocycles. The third-order valence-corrected chi connectivity index (χ3v) is 3.15. The molecular weight excluding hydrogens is 249 g/mol. The number of halogens is 1. The van der Waals surface area contributed by atoms with Gasteiger partial charge in [-0.05, 0) is 26.2 Å². The molecule has 110 valence electrons. The minimum absolute atomic E-state index is 0.0894. The number of likely N-dealkylation sites (tertiary alicyclic amines) is 1. The molecule has 0 aromatic carbocycles. The highest BCUT2D eigenvalue weighted by atomic mass is 19.1. The number of rotatable bonds is 5. The summed E-state index contributed by atoms with van der Waals surface area (Å²) in [6.45, 7) is 3.94. The van der Waals surface area contributed by atoms with Crippen molar-refractivity contribution in [2.75, 3.05) is 40.0 Å². The molecule has 0 aromatic heterocycles. The Hall–Kier alpha value is -1.33. The number of nitrogens with one attached hydrogen (secondary N) is 1. The maximum absolute atomic E-state index is 12.1. The molecule has 1 aliphatic rings. The molecule has 1 heterocycles. The Labute approximate surface area is 114 Å². The van der Waals surface area contributed by atoms with Crippen LogP contribution in [0.2, 0.25) is 0 Å². The molecule has 0 amide bonds. The van der Waals surface area contributed by atoms with Gasteiger partial charge in [0.25, 0.3) is 0 Å². The summed E-state index contributed by atoms with van der Waals surface area (Å²) in [7, 11) is 1.70. The van der Waals surface area contributed by atoms with Gasteiger partial charge < -0.3 is 15.0 Å². The molecule has 1 rings (SSSR count). The van der Waals surface area contributed by atoms with Crippen molar-refractivity contribution >= 4 is 11.9 Å². The van der Waals surface area contributed by atoms with Crippen molar-refractivity contribution < 1.29 is 13.9 Å². The van der Waals surface area contributed by atoms with Crippen LogP contribution in [0.1, 0.15) is 26.2 Å². The lowest BCUT2D eigenvalue weighted by molar-refractivity contribution is -0.149. The Morgan fingerprint density at radius 3 is 3.00 bits per heavy atom. The number of aliphatic imine (C=N–C) groups is 1. The molecule has 6 heteroatoms. The maximum Gasteiger partial charge on any atom is 0.310 e. The summed E-state index contributed by atoms with van der Waals surface area (Å²) in [6.07, 6.45) is 2.26. The molecule has 1 atom stereocenters. The molecule has 0 saturated carbocycles. The van der Waals surface area contributed by atoms with E-state index >= 15 is 0 Å². The number of hydrogen-bond donors (Lipinski definition) is 1.